The predicted molar refractivity (Wildman–Crippen MR) is 228 cm³/mol. The van der Waals surface area contributed by atoms with Crippen LogP contribution < -0.4 is 4.90 Å². The molecular weight excluding hydrogens is 663 g/mol. The van der Waals surface area contributed by atoms with E-state index < -0.39 is 0 Å². The first-order valence-corrected chi connectivity index (χ1v) is 21.6. The van der Waals surface area contributed by atoms with Crippen LogP contribution in [0.5, 0.6) is 0 Å². The smallest absolute Gasteiger partial charge is 0.0468 e. The van der Waals surface area contributed by atoms with Gasteiger partial charge in [-0.15, -0.1) is 0 Å². The van der Waals surface area contributed by atoms with E-state index in [2.05, 4.69) is 151 Å². The van der Waals surface area contributed by atoms with E-state index in [1.807, 2.05) is 0 Å². The first kappa shape index (κ1) is 32.4. The molecule has 5 fully saturated rings. The largest absolute Gasteiger partial charge is 0.310 e. The molecule has 13 rings (SSSR count). The molecule has 272 valence electrons. The highest BCUT2D eigenvalue weighted by Crippen LogP contribution is 2.69. The third kappa shape index (κ3) is 4.47. The second kappa shape index (κ2) is 12.1. The number of benzene rings is 6. The van der Waals surface area contributed by atoms with Crippen LogP contribution in [0.4, 0.5) is 17.1 Å². The van der Waals surface area contributed by atoms with Crippen LogP contribution in [0.3, 0.4) is 0 Å². The molecule has 7 aliphatic carbocycles. The zero-order valence-electron chi connectivity index (χ0n) is 32.2. The SMILES string of the molecule is C[C@H]1C2CCC3CC(C2)CC1C31c2ccccc2-c2cc(N(c3ccc(-c4ccccc4)cc3)c3ccc4c(c3)C3(CCCCC3)c3ccccc3-4)ccc21. The molecule has 7 aliphatic rings. The number of hydrogen-bond acceptors (Lipinski definition) is 1. The number of nitrogens with zero attached hydrogens (tertiary/aromatic N) is 1. The first-order chi connectivity index (χ1) is 27.1. The van der Waals surface area contributed by atoms with E-state index in [0.29, 0.717) is 0 Å². The Morgan fingerprint density at radius 3 is 1.95 bits per heavy atom. The molecule has 1 nitrogen and oxygen atoms in total. The van der Waals surface area contributed by atoms with Gasteiger partial charge in [-0.2, -0.15) is 0 Å². The topological polar surface area (TPSA) is 3.24 Å². The molecule has 1 heteroatoms. The van der Waals surface area contributed by atoms with Crippen molar-refractivity contribution in [1.29, 1.82) is 0 Å². The minimum Gasteiger partial charge on any atom is -0.310 e. The van der Waals surface area contributed by atoms with Gasteiger partial charge in [-0.05, 0) is 167 Å². The van der Waals surface area contributed by atoms with Gasteiger partial charge < -0.3 is 4.90 Å². The van der Waals surface area contributed by atoms with Gasteiger partial charge in [0.15, 0.2) is 0 Å². The molecule has 0 aliphatic heterocycles. The van der Waals surface area contributed by atoms with E-state index in [4.69, 9.17) is 0 Å². The maximum Gasteiger partial charge on any atom is 0.0468 e. The highest BCUT2D eigenvalue weighted by Gasteiger charge is 2.61. The van der Waals surface area contributed by atoms with Crippen molar-refractivity contribution in [1.82, 2.24) is 0 Å². The number of hydrogen-bond donors (Lipinski definition) is 0. The van der Waals surface area contributed by atoms with Crippen molar-refractivity contribution in [2.24, 2.45) is 29.6 Å². The Balaban J connectivity index is 1.05. The summed E-state index contributed by atoms with van der Waals surface area (Å²) in [6.07, 6.45) is 13.5. The van der Waals surface area contributed by atoms with Crippen molar-refractivity contribution >= 4 is 17.1 Å². The van der Waals surface area contributed by atoms with Crippen LogP contribution in [0.2, 0.25) is 0 Å². The van der Waals surface area contributed by atoms with Crippen molar-refractivity contribution in [3.05, 3.63) is 162 Å². The molecule has 55 heavy (non-hydrogen) atoms. The predicted octanol–water partition coefficient (Wildman–Crippen LogP) is 14.4. The summed E-state index contributed by atoms with van der Waals surface area (Å²) in [7, 11) is 0. The number of rotatable bonds is 4. The Morgan fingerprint density at radius 2 is 1.13 bits per heavy atom. The van der Waals surface area contributed by atoms with Gasteiger partial charge in [0.25, 0.3) is 0 Å². The lowest BCUT2D eigenvalue weighted by atomic mass is 9.48. The minimum atomic E-state index is 0.112. The number of anilines is 3. The summed E-state index contributed by atoms with van der Waals surface area (Å²) in [6.45, 7) is 2.63. The van der Waals surface area contributed by atoms with Gasteiger partial charge in [0.1, 0.15) is 0 Å². The second-order valence-electron chi connectivity index (χ2n) is 18.4. The summed E-state index contributed by atoms with van der Waals surface area (Å²) in [6, 6.07) is 54.3. The van der Waals surface area contributed by atoms with Crippen molar-refractivity contribution in [2.75, 3.05) is 4.90 Å². The molecule has 0 radical (unpaired) electrons. The standard InChI is InChI=1S/C54H51N/c1-35-39-18-21-40-31-36(30-39)32-51(35)54(40)49-17-9-7-15-45(49)47-33-42(25-27-50(47)54)55(41-22-19-38(20-23-41)37-12-4-2-5-13-37)43-24-26-46-44-14-6-8-16-48(44)53(52(46)34-43)28-10-3-11-29-53/h2,4-9,12-17,19-20,22-27,33-36,39-40,51H,3,10-11,18,21,28-32H2,1H3/t35-,36?,39?,40?,51?,54?/m0/s1. The average Bonchev–Trinajstić information content (AvgIpc) is 3.56. The lowest BCUT2D eigenvalue weighted by Gasteiger charge is -2.55. The molecule has 0 aromatic heterocycles. The van der Waals surface area contributed by atoms with Crippen LogP contribution in [-0.4, -0.2) is 0 Å². The van der Waals surface area contributed by atoms with E-state index in [1.165, 1.54) is 115 Å². The van der Waals surface area contributed by atoms with Gasteiger partial charge in [0.2, 0.25) is 0 Å². The van der Waals surface area contributed by atoms with Gasteiger partial charge in [-0.3, -0.25) is 0 Å². The molecule has 2 spiro atoms. The van der Waals surface area contributed by atoms with Gasteiger partial charge in [0, 0.05) is 27.9 Å². The normalized spacial score (nSPS) is 27.4. The van der Waals surface area contributed by atoms with Crippen LogP contribution in [0, 0.1) is 29.6 Å². The van der Waals surface area contributed by atoms with E-state index in [9.17, 15) is 0 Å². The lowest BCUT2D eigenvalue weighted by Crippen LogP contribution is -2.51. The van der Waals surface area contributed by atoms with E-state index in [1.54, 1.807) is 22.3 Å². The molecule has 5 saturated carbocycles. The molecule has 0 amide bonds. The molecule has 0 N–H and O–H groups in total. The van der Waals surface area contributed by atoms with Crippen molar-refractivity contribution in [3.63, 3.8) is 0 Å². The van der Waals surface area contributed by atoms with Crippen LogP contribution in [0.15, 0.2) is 140 Å². The summed E-state index contributed by atoms with van der Waals surface area (Å²) in [5.74, 6) is 4.08. The molecule has 0 heterocycles. The Kier molecular flexibility index (Phi) is 7.10. The summed E-state index contributed by atoms with van der Waals surface area (Å²) in [5, 5.41) is 0. The maximum absolute atomic E-state index is 2.63. The zero-order valence-corrected chi connectivity index (χ0v) is 32.2. The van der Waals surface area contributed by atoms with Gasteiger partial charge >= 0.3 is 0 Å². The summed E-state index contributed by atoms with van der Waals surface area (Å²) < 4.78 is 0. The summed E-state index contributed by atoms with van der Waals surface area (Å²) in [5.41, 5.74) is 18.8. The second-order valence-corrected chi connectivity index (χ2v) is 18.4. The van der Waals surface area contributed by atoms with Gasteiger partial charge in [-0.25, -0.2) is 0 Å². The van der Waals surface area contributed by atoms with Crippen molar-refractivity contribution in [2.45, 2.75) is 82.0 Å². The van der Waals surface area contributed by atoms with E-state index in [0.717, 1.165) is 29.6 Å². The third-order valence-corrected chi connectivity index (χ3v) is 16.2. The highest BCUT2D eigenvalue weighted by molar-refractivity contribution is 5.90. The Labute approximate surface area is 327 Å². The Bertz CT molecular complexity index is 2450. The minimum absolute atomic E-state index is 0.112. The molecule has 6 aromatic rings. The van der Waals surface area contributed by atoms with E-state index in [-0.39, 0.29) is 10.8 Å². The molecule has 5 unspecified atom stereocenters. The van der Waals surface area contributed by atoms with Crippen molar-refractivity contribution in [3.8, 4) is 33.4 Å². The van der Waals surface area contributed by atoms with E-state index >= 15 is 0 Å². The van der Waals surface area contributed by atoms with Crippen LogP contribution >= 0.6 is 0 Å². The van der Waals surface area contributed by atoms with Gasteiger partial charge in [0.05, 0.1) is 0 Å². The fourth-order valence-electron chi connectivity index (χ4n) is 13.9. The Morgan fingerprint density at radius 1 is 0.491 bits per heavy atom. The highest BCUT2D eigenvalue weighted by atomic mass is 15.1. The van der Waals surface area contributed by atoms with Crippen LogP contribution in [0.25, 0.3) is 33.4 Å². The van der Waals surface area contributed by atoms with Crippen LogP contribution in [-0.2, 0) is 10.8 Å². The first-order valence-electron chi connectivity index (χ1n) is 21.6. The van der Waals surface area contributed by atoms with Crippen LogP contribution in [0.1, 0.15) is 93.4 Å². The molecule has 6 aromatic carbocycles. The molecule has 0 saturated heterocycles. The summed E-state index contributed by atoms with van der Waals surface area (Å²) in [4.78, 5) is 2.58. The zero-order chi connectivity index (χ0) is 36.3. The average molecular weight is 714 g/mol. The maximum atomic E-state index is 2.63. The molecular formula is C54H51N. The van der Waals surface area contributed by atoms with Gasteiger partial charge in [-0.1, -0.05) is 129 Å². The molecule has 6 atom stereocenters. The van der Waals surface area contributed by atoms with Crippen molar-refractivity contribution < 1.29 is 0 Å². The number of fused-ring (bicyclic) bond motifs is 9. The Hall–Kier alpha value is -4.88. The summed E-state index contributed by atoms with van der Waals surface area (Å²) >= 11 is 0. The monoisotopic (exact) mass is 713 g/mol. The fraction of sp³-hybridized carbons (Fsp3) is 0.333. The molecule has 4 bridgehead atoms. The fourth-order valence-corrected chi connectivity index (χ4v) is 13.9. The lowest BCUT2D eigenvalue weighted by molar-refractivity contribution is 0.0174. The quantitative estimate of drug-likeness (QED) is 0.176. The third-order valence-electron chi connectivity index (χ3n) is 16.2.